The van der Waals surface area contributed by atoms with Gasteiger partial charge in [0, 0.05) is 31.9 Å². The van der Waals surface area contributed by atoms with Crippen molar-refractivity contribution in [2.75, 3.05) is 30.8 Å². The van der Waals surface area contributed by atoms with Gasteiger partial charge in [-0.1, -0.05) is 12.1 Å². The van der Waals surface area contributed by atoms with Gasteiger partial charge in [-0.05, 0) is 18.6 Å². The molecule has 1 aromatic carbocycles. The maximum Gasteiger partial charge on any atom is 0.314 e. The van der Waals surface area contributed by atoms with E-state index in [2.05, 4.69) is 9.97 Å². The van der Waals surface area contributed by atoms with Gasteiger partial charge < -0.3 is 26.3 Å². The Bertz CT molecular complexity index is 1240. The van der Waals surface area contributed by atoms with E-state index in [0.717, 1.165) is 6.42 Å². The van der Waals surface area contributed by atoms with Gasteiger partial charge in [-0.15, -0.1) is 0 Å². The second-order valence-electron chi connectivity index (χ2n) is 7.25. The van der Waals surface area contributed by atoms with E-state index in [9.17, 15) is 13.2 Å². The highest BCUT2D eigenvalue weighted by atomic mass is 32.2. The van der Waals surface area contributed by atoms with Crippen molar-refractivity contribution in [1.29, 1.82) is 0 Å². The molecule has 1 aliphatic rings. The number of primary amides is 1. The fraction of sp³-hybridized carbons (Fsp3) is 0.278. The van der Waals surface area contributed by atoms with Crippen molar-refractivity contribution in [2.24, 2.45) is 10.9 Å². The lowest BCUT2D eigenvalue weighted by Gasteiger charge is -2.24. The number of nitrogens with zero attached hydrogens (tertiary/aromatic N) is 4. The molecule has 0 bridgehead atoms. The molecule has 11 nitrogen and oxygen atoms in total. The number of anilines is 2. The summed E-state index contributed by atoms with van der Waals surface area (Å²) in [5, 5.41) is 5.92. The number of nitrogens with one attached hydrogen (secondary N) is 1. The molecule has 1 saturated heterocycles. The molecule has 1 atom stereocenters. The maximum atomic E-state index is 11.7. The second-order valence-corrected chi connectivity index (χ2v) is 8.81. The molecule has 1 aliphatic heterocycles. The standard InChI is InChI=1S/C18H22N8O3S/c1-25(18(20)27)11-5-6-26(9-11)17-14-13(19)8-22-16(14)23-15(24-17)10-3-2-4-12(7-10)30(21,28)29/h2-4,7-8,11H,5-6,9,19H2,1H3,(H2,20,27)(H2,21,28,29)(H,22,23,24)/t11-/m1/s1. The van der Waals surface area contributed by atoms with Crippen LogP contribution in [0.4, 0.5) is 16.3 Å². The minimum Gasteiger partial charge on any atom is -0.397 e. The van der Waals surface area contributed by atoms with Crippen LogP contribution in [0, 0.1) is 0 Å². The molecule has 0 unspecified atom stereocenters. The summed E-state index contributed by atoms with van der Waals surface area (Å²) in [4.78, 5) is 27.3. The van der Waals surface area contributed by atoms with Gasteiger partial charge in [0.05, 0.1) is 22.0 Å². The predicted molar refractivity (Wildman–Crippen MR) is 113 cm³/mol. The van der Waals surface area contributed by atoms with Gasteiger partial charge >= 0.3 is 6.03 Å². The third kappa shape index (κ3) is 3.50. The summed E-state index contributed by atoms with van der Waals surface area (Å²) < 4.78 is 23.5. The Morgan fingerprint density at radius 3 is 2.80 bits per heavy atom. The fourth-order valence-electron chi connectivity index (χ4n) is 3.64. The summed E-state index contributed by atoms with van der Waals surface area (Å²) in [5.74, 6) is 0.937. The first kappa shape index (κ1) is 19.9. The lowest BCUT2D eigenvalue weighted by Crippen LogP contribution is -2.42. The Balaban J connectivity index is 1.80. The molecule has 0 aliphatic carbocycles. The number of aromatic nitrogens is 3. The van der Waals surface area contributed by atoms with Gasteiger partial charge in [0.2, 0.25) is 10.0 Å². The van der Waals surface area contributed by atoms with Crippen LogP contribution in [0.2, 0.25) is 0 Å². The predicted octanol–water partition coefficient (Wildman–Crippen LogP) is 0.444. The lowest BCUT2D eigenvalue weighted by molar-refractivity contribution is 0.204. The summed E-state index contributed by atoms with van der Waals surface area (Å²) in [6.07, 6.45) is 2.36. The molecule has 2 amide bonds. The first-order valence-electron chi connectivity index (χ1n) is 9.20. The lowest BCUT2D eigenvalue weighted by atomic mass is 10.2. The highest BCUT2D eigenvalue weighted by molar-refractivity contribution is 7.89. The summed E-state index contributed by atoms with van der Waals surface area (Å²) in [7, 11) is -2.20. The molecular weight excluding hydrogens is 408 g/mol. The van der Waals surface area contributed by atoms with Crippen molar-refractivity contribution >= 4 is 38.6 Å². The van der Waals surface area contributed by atoms with Crippen LogP contribution in [0.3, 0.4) is 0 Å². The number of fused-ring (bicyclic) bond motifs is 1. The molecule has 0 saturated carbocycles. The Hall–Kier alpha value is -3.38. The monoisotopic (exact) mass is 430 g/mol. The van der Waals surface area contributed by atoms with Gasteiger partial charge in [-0.25, -0.2) is 28.3 Å². The van der Waals surface area contributed by atoms with E-state index in [1.807, 2.05) is 4.90 Å². The van der Waals surface area contributed by atoms with E-state index in [4.69, 9.17) is 21.6 Å². The highest BCUT2D eigenvalue weighted by Gasteiger charge is 2.30. The number of hydrogen-bond acceptors (Lipinski definition) is 7. The number of benzene rings is 1. The summed E-state index contributed by atoms with van der Waals surface area (Å²) in [5.41, 5.74) is 13.1. The van der Waals surface area contributed by atoms with Gasteiger partial charge in [0.25, 0.3) is 0 Å². The number of carbonyl (C=O) groups is 1. The Kier molecular flexibility index (Phi) is 4.74. The number of carbonyl (C=O) groups excluding carboxylic acids is 1. The van der Waals surface area contributed by atoms with Crippen LogP contribution < -0.4 is 21.5 Å². The molecule has 12 heteroatoms. The van der Waals surface area contributed by atoms with Crippen molar-refractivity contribution in [3.05, 3.63) is 30.5 Å². The normalized spacial score (nSPS) is 16.9. The molecule has 3 heterocycles. The van der Waals surface area contributed by atoms with Gasteiger partial charge in [0.1, 0.15) is 11.5 Å². The number of amides is 2. The van der Waals surface area contributed by atoms with Gasteiger partial charge in [0.15, 0.2) is 5.82 Å². The zero-order valence-electron chi connectivity index (χ0n) is 16.2. The van der Waals surface area contributed by atoms with E-state index in [0.29, 0.717) is 47.0 Å². The van der Waals surface area contributed by atoms with E-state index in [-0.39, 0.29) is 10.9 Å². The molecule has 4 rings (SSSR count). The van der Waals surface area contributed by atoms with Crippen molar-refractivity contribution < 1.29 is 13.2 Å². The molecule has 1 fully saturated rings. The zero-order chi connectivity index (χ0) is 21.6. The third-order valence-electron chi connectivity index (χ3n) is 5.32. The van der Waals surface area contributed by atoms with E-state index < -0.39 is 16.1 Å². The van der Waals surface area contributed by atoms with Crippen molar-refractivity contribution in [1.82, 2.24) is 19.9 Å². The second kappa shape index (κ2) is 7.15. The Labute approximate surface area is 172 Å². The number of urea groups is 1. The highest BCUT2D eigenvalue weighted by Crippen LogP contribution is 2.34. The fourth-order valence-corrected chi connectivity index (χ4v) is 4.20. The number of aromatic amines is 1. The third-order valence-corrected chi connectivity index (χ3v) is 6.23. The molecule has 0 radical (unpaired) electrons. The van der Waals surface area contributed by atoms with Crippen LogP contribution in [0.25, 0.3) is 22.4 Å². The van der Waals surface area contributed by atoms with Crippen LogP contribution in [0.1, 0.15) is 6.42 Å². The Morgan fingerprint density at radius 2 is 2.10 bits per heavy atom. The number of likely N-dealkylation sites (N-methyl/N-ethyl adjacent to an activating group) is 1. The van der Waals surface area contributed by atoms with Crippen molar-refractivity contribution in [3.8, 4) is 11.4 Å². The first-order valence-corrected chi connectivity index (χ1v) is 10.7. The number of rotatable bonds is 4. The average Bonchev–Trinajstić information content (AvgIpc) is 3.33. The summed E-state index contributed by atoms with van der Waals surface area (Å²) in [6.45, 7) is 1.18. The minimum atomic E-state index is -3.87. The van der Waals surface area contributed by atoms with Crippen LogP contribution in [-0.2, 0) is 10.0 Å². The number of sulfonamides is 1. The summed E-state index contributed by atoms with van der Waals surface area (Å²) in [6, 6.07) is 5.59. The summed E-state index contributed by atoms with van der Waals surface area (Å²) >= 11 is 0. The van der Waals surface area contributed by atoms with E-state index in [1.54, 1.807) is 25.4 Å². The minimum absolute atomic E-state index is 0.0273. The number of H-pyrrole nitrogens is 1. The number of nitrogens with two attached hydrogens (primary N) is 3. The van der Waals surface area contributed by atoms with Gasteiger partial charge in [-0.2, -0.15) is 0 Å². The van der Waals surface area contributed by atoms with Crippen LogP contribution in [0.5, 0.6) is 0 Å². The molecule has 7 N–H and O–H groups in total. The molecule has 2 aromatic heterocycles. The number of primary sulfonamides is 1. The molecule has 30 heavy (non-hydrogen) atoms. The topological polar surface area (TPSA) is 177 Å². The maximum absolute atomic E-state index is 11.7. The molecule has 3 aromatic rings. The van der Waals surface area contributed by atoms with E-state index in [1.165, 1.54) is 17.0 Å². The van der Waals surface area contributed by atoms with Crippen LogP contribution in [0.15, 0.2) is 35.4 Å². The van der Waals surface area contributed by atoms with Gasteiger partial charge in [-0.3, -0.25) is 0 Å². The van der Waals surface area contributed by atoms with Crippen LogP contribution in [-0.4, -0.2) is 60.5 Å². The number of hydrogen-bond donors (Lipinski definition) is 4. The number of nitrogen functional groups attached to an aromatic ring is 1. The molecule has 158 valence electrons. The Morgan fingerprint density at radius 1 is 1.33 bits per heavy atom. The van der Waals surface area contributed by atoms with Crippen molar-refractivity contribution in [2.45, 2.75) is 17.4 Å². The SMILES string of the molecule is CN(C(N)=O)[C@@H]1CCN(c2nc(-c3cccc(S(N)(=O)=O)c3)nc3[nH]cc(N)c23)C1. The zero-order valence-corrected chi connectivity index (χ0v) is 17.1. The quantitative estimate of drug-likeness (QED) is 0.464. The van der Waals surface area contributed by atoms with Crippen molar-refractivity contribution in [3.63, 3.8) is 0 Å². The largest absolute Gasteiger partial charge is 0.397 e. The average molecular weight is 430 g/mol. The molecular formula is C18H22N8O3S. The smallest absolute Gasteiger partial charge is 0.314 e. The first-order chi connectivity index (χ1) is 14.1. The van der Waals surface area contributed by atoms with E-state index >= 15 is 0 Å². The molecule has 0 spiro atoms. The van der Waals surface area contributed by atoms with Crippen LogP contribution >= 0.6 is 0 Å².